The molecule has 2 unspecified atom stereocenters. The summed E-state index contributed by atoms with van der Waals surface area (Å²) in [6.45, 7) is 0. The molecule has 0 saturated heterocycles. The maximum absolute atomic E-state index is 5.99. The number of aryl methyl sites for hydroxylation is 1. The van der Waals surface area contributed by atoms with Gasteiger partial charge in [-0.05, 0) is 56.1 Å². The summed E-state index contributed by atoms with van der Waals surface area (Å²) >= 11 is 0. The van der Waals surface area contributed by atoms with E-state index < -0.39 is 0 Å². The number of hydrogen-bond acceptors (Lipinski definition) is 2. The number of fused-ring (bicyclic) bond motifs is 2. The van der Waals surface area contributed by atoms with Crippen LogP contribution in [0.4, 0.5) is 0 Å². The molecule has 3 aliphatic carbocycles. The molecule has 2 atom stereocenters. The Morgan fingerprint density at radius 2 is 1.89 bits per heavy atom. The van der Waals surface area contributed by atoms with Gasteiger partial charge in [0.05, 0.1) is 0 Å². The van der Waals surface area contributed by atoms with Crippen LogP contribution in [-0.2, 0) is 11.8 Å². The van der Waals surface area contributed by atoms with E-state index >= 15 is 0 Å². The number of rotatable bonds is 2. The largest absolute Gasteiger partial charge is 0.328 e. The average Bonchev–Trinajstić information content (AvgIpc) is 3.00. The Morgan fingerprint density at radius 3 is 2.74 bits per heavy atom. The molecule has 0 aromatic heterocycles. The summed E-state index contributed by atoms with van der Waals surface area (Å²) in [4.78, 5) is 0. The normalized spacial score (nSPS) is 40.4. The van der Waals surface area contributed by atoms with Crippen LogP contribution in [0.3, 0.4) is 0 Å². The van der Waals surface area contributed by atoms with Crippen molar-refractivity contribution in [2.24, 2.45) is 5.73 Å². The molecule has 0 bridgehead atoms. The summed E-state index contributed by atoms with van der Waals surface area (Å²) in [5.74, 6) is 0. The van der Waals surface area contributed by atoms with E-state index in [0.29, 0.717) is 11.5 Å². The second-order valence-corrected chi connectivity index (χ2v) is 6.85. The van der Waals surface area contributed by atoms with Gasteiger partial charge >= 0.3 is 0 Å². The molecule has 2 fully saturated rings. The van der Waals surface area contributed by atoms with E-state index in [0.717, 1.165) is 12.1 Å². The summed E-state index contributed by atoms with van der Waals surface area (Å²) in [6, 6.07) is 11.0. The van der Waals surface area contributed by atoms with E-state index in [9.17, 15) is 0 Å². The van der Waals surface area contributed by atoms with Gasteiger partial charge < -0.3 is 11.1 Å². The van der Waals surface area contributed by atoms with Crippen molar-refractivity contribution >= 4 is 0 Å². The average molecular weight is 256 g/mol. The van der Waals surface area contributed by atoms with E-state index in [2.05, 4.69) is 29.6 Å². The Kier molecular flexibility index (Phi) is 2.71. The van der Waals surface area contributed by atoms with Gasteiger partial charge in [0.15, 0.2) is 0 Å². The maximum Gasteiger partial charge on any atom is 0.0176 e. The molecule has 1 aromatic rings. The van der Waals surface area contributed by atoms with Crippen molar-refractivity contribution in [2.45, 2.75) is 68.5 Å². The minimum Gasteiger partial charge on any atom is -0.328 e. The van der Waals surface area contributed by atoms with Crippen LogP contribution in [0.25, 0.3) is 0 Å². The first-order chi connectivity index (χ1) is 9.28. The lowest BCUT2D eigenvalue weighted by Crippen LogP contribution is -2.40. The van der Waals surface area contributed by atoms with Crippen LogP contribution in [0.1, 0.15) is 49.7 Å². The van der Waals surface area contributed by atoms with Gasteiger partial charge in [-0.1, -0.05) is 24.3 Å². The molecule has 19 heavy (non-hydrogen) atoms. The fraction of sp³-hybridized carbons (Fsp3) is 0.647. The monoisotopic (exact) mass is 256 g/mol. The summed E-state index contributed by atoms with van der Waals surface area (Å²) in [7, 11) is 0. The van der Waals surface area contributed by atoms with Gasteiger partial charge in [0.25, 0.3) is 0 Å². The molecule has 3 N–H and O–H groups in total. The molecule has 4 rings (SSSR count). The first-order valence-electron chi connectivity index (χ1n) is 7.88. The highest BCUT2D eigenvalue weighted by atomic mass is 15.0. The van der Waals surface area contributed by atoms with E-state index in [1.165, 1.54) is 44.9 Å². The molecule has 2 nitrogen and oxygen atoms in total. The van der Waals surface area contributed by atoms with Gasteiger partial charge in [-0.3, -0.25) is 0 Å². The fourth-order valence-corrected chi connectivity index (χ4v) is 4.38. The summed E-state index contributed by atoms with van der Waals surface area (Å²) in [5, 5.41) is 3.93. The van der Waals surface area contributed by atoms with Gasteiger partial charge in [-0.15, -0.1) is 0 Å². The summed E-state index contributed by atoms with van der Waals surface area (Å²) < 4.78 is 0. The quantitative estimate of drug-likeness (QED) is 0.853. The van der Waals surface area contributed by atoms with Crippen molar-refractivity contribution in [3.05, 3.63) is 35.4 Å². The third-order valence-corrected chi connectivity index (χ3v) is 5.68. The topological polar surface area (TPSA) is 38.0 Å². The van der Waals surface area contributed by atoms with Crippen LogP contribution in [0.2, 0.25) is 0 Å². The predicted octanol–water partition coefficient (Wildman–Crippen LogP) is 2.50. The SMILES string of the molecule is NC1CCC(NC2CC23CCc2ccccc23)CC1. The highest BCUT2D eigenvalue weighted by Gasteiger charge is 2.58. The first-order valence-corrected chi connectivity index (χ1v) is 7.88. The van der Waals surface area contributed by atoms with E-state index in [1.54, 1.807) is 11.1 Å². The van der Waals surface area contributed by atoms with Crippen LogP contribution in [0.15, 0.2) is 24.3 Å². The molecule has 0 radical (unpaired) electrons. The Hall–Kier alpha value is -0.860. The lowest BCUT2D eigenvalue weighted by atomic mass is 9.91. The van der Waals surface area contributed by atoms with Gasteiger partial charge in [-0.25, -0.2) is 0 Å². The molecule has 0 heterocycles. The van der Waals surface area contributed by atoms with Crippen LogP contribution in [0, 0.1) is 0 Å². The molecule has 2 saturated carbocycles. The summed E-state index contributed by atoms with van der Waals surface area (Å²) in [6.07, 6.45) is 8.94. The Labute approximate surface area is 115 Å². The highest BCUT2D eigenvalue weighted by Crippen LogP contribution is 2.57. The fourth-order valence-electron chi connectivity index (χ4n) is 4.38. The molecule has 0 aliphatic heterocycles. The van der Waals surface area contributed by atoms with Gasteiger partial charge in [0, 0.05) is 23.5 Å². The van der Waals surface area contributed by atoms with Crippen molar-refractivity contribution in [1.82, 2.24) is 5.32 Å². The van der Waals surface area contributed by atoms with E-state index in [-0.39, 0.29) is 0 Å². The first kappa shape index (κ1) is 11.9. The lowest BCUT2D eigenvalue weighted by Gasteiger charge is -2.28. The minimum absolute atomic E-state index is 0.457. The van der Waals surface area contributed by atoms with Gasteiger partial charge in [-0.2, -0.15) is 0 Å². The Balaban J connectivity index is 1.44. The van der Waals surface area contributed by atoms with Gasteiger partial charge in [0.1, 0.15) is 0 Å². The number of hydrogen-bond donors (Lipinski definition) is 2. The molecule has 102 valence electrons. The van der Waals surface area contributed by atoms with Crippen LogP contribution in [0.5, 0.6) is 0 Å². The van der Waals surface area contributed by atoms with Crippen LogP contribution < -0.4 is 11.1 Å². The van der Waals surface area contributed by atoms with Crippen molar-refractivity contribution in [3.63, 3.8) is 0 Å². The summed E-state index contributed by atoms with van der Waals surface area (Å²) in [5.41, 5.74) is 9.72. The number of nitrogens with two attached hydrogens (primary N) is 1. The van der Waals surface area contributed by atoms with E-state index in [1.807, 2.05) is 0 Å². The van der Waals surface area contributed by atoms with Crippen LogP contribution in [-0.4, -0.2) is 18.1 Å². The predicted molar refractivity (Wildman–Crippen MR) is 78.2 cm³/mol. The molecular weight excluding hydrogens is 232 g/mol. The zero-order valence-electron chi connectivity index (χ0n) is 11.6. The molecule has 2 heteroatoms. The molecule has 0 amide bonds. The maximum atomic E-state index is 5.99. The number of benzene rings is 1. The number of nitrogens with one attached hydrogen (secondary N) is 1. The van der Waals surface area contributed by atoms with Crippen molar-refractivity contribution < 1.29 is 0 Å². The van der Waals surface area contributed by atoms with Crippen molar-refractivity contribution in [1.29, 1.82) is 0 Å². The lowest BCUT2D eigenvalue weighted by molar-refractivity contribution is 0.333. The molecule has 1 spiro atoms. The smallest absolute Gasteiger partial charge is 0.0176 e. The van der Waals surface area contributed by atoms with Crippen molar-refractivity contribution in [3.8, 4) is 0 Å². The molecule has 3 aliphatic rings. The molecular formula is C17H24N2. The third-order valence-electron chi connectivity index (χ3n) is 5.68. The third kappa shape index (κ3) is 1.93. The van der Waals surface area contributed by atoms with Crippen molar-refractivity contribution in [2.75, 3.05) is 0 Å². The zero-order valence-corrected chi connectivity index (χ0v) is 11.6. The minimum atomic E-state index is 0.457. The van der Waals surface area contributed by atoms with Gasteiger partial charge in [0.2, 0.25) is 0 Å². The van der Waals surface area contributed by atoms with E-state index in [4.69, 9.17) is 5.73 Å². The second kappa shape index (κ2) is 4.32. The standard InChI is InChI=1S/C17H24N2/c18-13-5-7-14(8-6-13)19-16-11-17(16)10-9-12-3-1-2-4-15(12)17/h1-4,13-14,16,19H,5-11,18H2. The zero-order chi connectivity index (χ0) is 12.9. The highest BCUT2D eigenvalue weighted by molar-refractivity contribution is 5.46. The Morgan fingerprint density at radius 1 is 1.11 bits per heavy atom. The second-order valence-electron chi connectivity index (χ2n) is 6.85. The molecule has 1 aromatic carbocycles. The van der Waals surface area contributed by atoms with Crippen LogP contribution >= 0.6 is 0 Å². The Bertz CT molecular complexity index is 476.